The van der Waals surface area contributed by atoms with Crippen molar-refractivity contribution >= 4 is 35.8 Å². The van der Waals surface area contributed by atoms with Crippen molar-refractivity contribution in [2.24, 2.45) is 50.7 Å². The fourth-order valence-corrected chi connectivity index (χ4v) is 15.0. The van der Waals surface area contributed by atoms with Crippen molar-refractivity contribution in [2.75, 3.05) is 6.61 Å². The fraction of sp³-hybridized carbons (Fsp3) is 0.875. The molecule has 0 radical (unpaired) electrons. The van der Waals surface area contributed by atoms with E-state index >= 15 is 0 Å². The second kappa shape index (κ2) is 17.5. The minimum absolute atomic E-state index is 0.0157. The Morgan fingerprint density at radius 3 is 1.89 bits per heavy atom. The van der Waals surface area contributed by atoms with Crippen LogP contribution in [0.4, 0.5) is 0 Å². The first-order valence-corrected chi connectivity index (χ1v) is 23.1. The van der Waals surface area contributed by atoms with Gasteiger partial charge in [-0.25, -0.2) is 0 Å². The molecule has 5 saturated carbocycles. The smallest absolute Gasteiger partial charge is 0.303 e. The summed E-state index contributed by atoms with van der Waals surface area (Å²) in [7, 11) is 0. The second-order valence-corrected chi connectivity index (χ2v) is 21.8. The number of aliphatic hydroxyl groups is 1. The molecule has 0 aromatic rings. The predicted molar refractivity (Wildman–Crippen MR) is 225 cm³/mol. The monoisotopic (exact) mass is 891 g/mol. The van der Waals surface area contributed by atoms with Gasteiger partial charge in [0.05, 0.1) is 11.7 Å². The Labute approximate surface area is 373 Å². The van der Waals surface area contributed by atoms with Crippen molar-refractivity contribution in [3.05, 3.63) is 0 Å². The maximum Gasteiger partial charge on any atom is 0.303 e. The highest BCUT2D eigenvalue weighted by atomic mass is 16.7. The van der Waals surface area contributed by atoms with Crippen molar-refractivity contribution in [3.63, 3.8) is 0 Å². The molecule has 0 bridgehead atoms. The molecule has 2 unspecified atom stereocenters. The molecule has 356 valence electrons. The Morgan fingerprint density at radius 2 is 1.32 bits per heavy atom. The molecule has 0 aromatic carbocycles. The van der Waals surface area contributed by atoms with Crippen molar-refractivity contribution in [1.29, 1.82) is 0 Å². The van der Waals surface area contributed by atoms with Crippen LogP contribution in [0, 0.1) is 50.7 Å². The van der Waals surface area contributed by atoms with Crippen LogP contribution in [0.5, 0.6) is 0 Å². The summed E-state index contributed by atoms with van der Waals surface area (Å²) in [4.78, 5) is 75.1. The van der Waals surface area contributed by atoms with Gasteiger partial charge in [0.25, 0.3) is 0 Å². The first-order valence-electron chi connectivity index (χ1n) is 23.1. The highest BCUT2D eigenvalue weighted by molar-refractivity contribution is 5.69. The maximum atomic E-state index is 12.9. The lowest BCUT2D eigenvalue weighted by Gasteiger charge is -2.69. The van der Waals surface area contributed by atoms with Crippen molar-refractivity contribution in [1.82, 2.24) is 0 Å². The summed E-state index contributed by atoms with van der Waals surface area (Å²) in [6.07, 6.45) is 0.132. The van der Waals surface area contributed by atoms with E-state index in [1.165, 1.54) is 41.5 Å². The van der Waals surface area contributed by atoms with Gasteiger partial charge in [-0.3, -0.25) is 28.8 Å². The van der Waals surface area contributed by atoms with E-state index in [2.05, 4.69) is 34.6 Å². The third kappa shape index (κ3) is 9.01. The summed E-state index contributed by atoms with van der Waals surface area (Å²) in [5.41, 5.74) is -2.28. The van der Waals surface area contributed by atoms with Gasteiger partial charge >= 0.3 is 35.8 Å². The van der Waals surface area contributed by atoms with E-state index in [9.17, 15) is 33.9 Å². The molecular weight excluding hydrogens is 817 g/mol. The third-order valence-electron chi connectivity index (χ3n) is 17.0. The molecule has 0 amide bonds. The van der Waals surface area contributed by atoms with Gasteiger partial charge in [0.15, 0.2) is 24.6 Å². The van der Waals surface area contributed by atoms with Crippen LogP contribution in [0.1, 0.15) is 154 Å². The highest BCUT2D eigenvalue weighted by Crippen LogP contribution is 2.91. The summed E-state index contributed by atoms with van der Waals surface area (Å²) in [6, 6.07) is 0. The first-order chi connectivity index (χ1) is 29.1. The highest BCUT2D eigenvalue weighted by Gasteiger charge is 2.85. The molecule has 1 saturated heterocycles. The van der Waals surface area contributed by atoms with Crippen molar-refractivity contribution < 1.29 is 71.8 Å². The van der Waals surface area contributed by atoms with E-state index in [0.717, 1.165) is 44.9 Å². The average Bonchev–Trinajstić information content (AvgIpc) is 3.70. The number of carbonyl (C=O) groups excluding carboxylic acids is 6. The van der Waals surface area contributed by atoms with Crippen LogP contribution < -0.4 is 0 Å². The molecule has 16 atom stereocenters. The number of ether oxygens (including phenoxy) is 8. The normalized spacial score (nSPS) is 40.9. The van der Waals surface area contributed by atoms with Crippen LogP contribution in [-0.4, -0.2) is 102 Å². The van der Waals surface area contributed by atoms with E-state index in [1.807, 2.05) is 0 Å². The zero-order valence-corrected chi connectivity index (χ0v) is 39.9. The average molecular weight is 891 g/mol. The lowest BCUT2D eigenvalue weighted by molar-refractivity contribution is -0.346. The fourth-order valence-electron chi connectivity index (χ4n) is 15.0. The summed E-state index contributed by atoms with van der Waals surface area (Å²) < 4.78 is 48.8. The first kappa shape index (κ1) is 49.1. The van der Waals surface area contributed by atoms with Gasteiger partial charge in [0.1, 0.15) is 24.9 Å². The largest absolute Gasteiger partial charge is 0.463 e. The van der Waals surface area contributed by atoms with Gasteiger partial charge in [-0.05, 0) is 112 Å². The summed E-state index contributed by atoms with van der Waals surface area (Å²) in [5, 5.41) is 10.8. The predicted octanol–water partition coefficient (Wildman–Crippen LogP) is 6.55. The van der Waals surface area contributed by atoms with E-state index in [1.54, 1.807) is 13.8 Å². The molecule has 0 aromatic heterocycles. The molecule has 15 heteroatoms. The number of carbonyl (C=O) groups is 6. The van der Waals surface area contributed by atoms with Gasteiger partial charge in [-0.15, -0.1) is 0 Å². The summed E-state index contributed by atoms with van der Waals surface area (Å²) in [5.74, 6) is -2.76. The molecule has 0 spiro atoms. The van der Waals surface area contributed by atoms with Crippen LogP contribution >= 0.6 is 0 Å². The van der Waals surface area contributed by atoms with Gasteiger partial charge < -0.3 is 43.0 Å². The molecule has 5 aliphatic carbocycles. The van der Waals surface area contributed by atoms with E-state index in [4.69, 9.17) is 37.9 Å². The van der Waals surface area contributed by atoms with E-state index < -0.39 is 83.2 Å². The Balaban J connectivity index is 1.44. The van der Waals surface area contributed by atoms with E-state index in [-0.39, 0.29) is 58.6 Å². The van der Waals surface area contributed by atoms with Crippen molar-refractivity contribution in [2.45, 2.75) is 209 Å². The minimum atomic E-state index is -1.37. The van der Waals surface area contributed by atoms with Crippen LogP contribution in [-0.2, 0) is 66.7 Å². The van der Waals surface area contributed by atoms with Gasteiger partial charge in [0.2, 0.25) is 0 Å². The van der Waals surface area contributed by atoms with Crippen LogP contribution in [0.25, 0.3) is 0 Å². The Morgan fingerprint density at radius 1 is 0.714 bits per heavy atom. The molecule has 6 rings (SSSR count). The zero-order chi connectivity index (χ0) is 46.8. The van der Waals surface area contributed by atoms with Gasteiger partial charge in [0, 0.05) is 58.8 Å². The lowest BCUT2D eigenvalue weighted by Crippen LogP contribution is -2.69. The SMILES string of the molecule is CC(=O)OC[C@H]1O[C@@H](O[C@@H]2C[C@H]3C(C)(C)[C@H](OC(C)=O)CC[C@]3(C)[C@H]3CC[C@]45C[C@]4(CC[C@H]5C(C)CC(CC(C)(C)O)OC(C)=O)[C@@]32C)[C@H](OC(C)=O)[C@@H](OC(C)=O)[C@@H]1OC(C)=O. The number of hydrogen-bond donors (Lipinski definition) is 1. The third-order valence-corrected chi connectivity index (χ3v) is 17.0. The molecular formula is C48H74O15. The minimum Gasteiger partial charge on any atom is -0.463 e. The molecule has 6 aliphatic rings. The molecule has 6 fully saturated rings. The topological polar surface area (TPSA) is 196 Å². The molecule has 1 heterocycles. The van der Waals surface area contributed by atoms with Gasteiger partial charge in [-0.2, -0.15) is 0 Å². The summed E-state index contributed by atoms with van der Waals surface area (Å²) >= 11 is 0. The standard InChI is InChI=1S/C48H74O15/c1-25(20-32(57-27(3)50)22-43(8,9)55)33-14-19-48-24-47(33,48)18-15-35-45(12)17-16-37(58-28(4)51)44(10,11)36(45)21-38(46(35,48)13)63-42-41(61-31(7)54)40(60-30(6)53)39(59-29(5)52)34(62-42)23-56-26(2)49/h25,32-42,55H,14-24H2,1-13H3/t25?,32?,33-,34+,35+,36-,37+,38+,39+,40-,41+,42-,45+,46-,47+,48+/m0/s1. The van der Waals surface area contributed by atoms with Crippen LogP contribution in [0.3, 0.4) is 0 Å². The lowest BCUT2D eigenvalue weighted by atomic mass is 9.37. The Kier molecular flexibility index (Phi) is 13.6. The second-order valence-electron chi connectivity index (χ2n) is 21.8. The van der Waals surface area contributed by atoms with Crippen molar-refractivity contribution in [3.8, 4) is 0 Å². The quantitative estimate of drug-likeness (QED) is 0.112. The van der Waals surface area contributed by atoms with Crippen LogP contribution in [0.15, 0.2) is 0 Å². The van der Waals surface area contributed by atoms with E-state index in [0.29, 0.717) is 25.2 Å². The zero-order valence-electron chi connectivity index (χ0n) is 39.9. The number of fused-ring (bicyclic) bond motifs is 3. The Bertz CT molecular complexity index is 1790. The molecule has 1 aliphatic heterocycles. The molecule has 1 N–H and O–H groups in total. The number of hydrogen-bond acceptors (Lipinski definition) is 15. The Hall–Kier alpha value is -3.30. The van der Waals surface area contributed by atoms with Gasteiger partial charge in [-0.1, -0.05) is 34.6 Å². The number of rotatable bonds is 14. The number of esters is 6. The molecule has 15 nitrogen and oxygen atoms in total. The summed E-state index contributed by atoms with van der Waals surface area (Å²) in [6.45, 7) is 22.2. The van der Waals surface area contributed by atoms with Crippen LogP contribution in [0.2, 0.25) is 0 Å². The molecule has 63 heavy (non-hydrogen) atoms. The maximum absolute atomic E-state index is 12.9.